The minimum atomic E-state index is 0.498. The van der Waals surface area contributed by atoms with Gasteiger partial charge in [-0.2, -0.15) is 5.26 Å². The van der Waals surface area contributed by atoms with Crippen LogP contribution in [0.3, 0.4) is 0 Å². The van der Waals surface area contributed by atoms with Crippen molar-refractivity contribution < 1.29 is 0 Å². The van der Waals surface area contributed by atoms with E-state index in [1.165, 1.54) is 24.9 Å². The van der Waals surface area contributed by atoms with Crippen molar-refractivity contribution in [2.45, 2.75) is 45.6 Å². The Morgan fingerprint density at radius 3 is 2.56 bits per heavy atom. The number of hydrogen-bond donors (Lipinski definition) is 1. The number of nitriles is 1. The van der Waals surface area contributed by atoms with Gasteiger partial charge in [0.05, 0.1) is 12.5 Å². The zero-order chi connectivity index (χ0) is 13.0. The molecule has 0 aliphatic heterocycles. The lowest BCUT2D eigenvalue weighted by Crippen LogP contribution is -2.32. The number of nitrogens with zero attached hydrogens (tertiary/aromatic N) is 1. The van der Waals surface area contributed by atoms with Crippen LogP contribution in [-0.2, 0) is 6.42 Å². The Labute approximate surface area is 110 Å². The summed E-state index contributed by atoms with van der Waals surface area (Å²) in [4.78, 5) is 0. The van der Waals surface area contributed by atoms with E-state index in [0.717, 1.165) is 17.4 Å². The smallest absolute Gasteiger partial charge is 0.0669 e. The van der Waals surface area contributed by atoms with Gasteiger partial charge in [-0.15, -0.1) is 0 Å². The highest BCUT2D eigenvalue weighted by atomic mass is 14.9. The molecule has 1 aromatic carbocycles. The Morgan fingerprint density at radius 1 is 1.22 bits per heavy atom. The summed E-state index contributed by atoms with van der Waals surface area (Å²) in [6.07, 6.45) is 4.42. The standard InChI is InChI=1S/C16H22N2/c1-12-3-8-16(13(2)11-12)18-15-6-4-14(5-7-15)9-10-17/h4-7,12-13,16,18H,3,8-9,11H2,1-2H3. The summed E-state index contributed by atoms with van der Waals surface area (Å²) in [6, 6.07) is 11.1. The molecule has 0 bridgehead atoms. The fraction of sp³-hybridized carbons (Fsp3) is 0.562. The SMILES string of the molecule is CC1CCC(Nc2ccc(CC#N)cc2)C(C)C1. The van der Waals surface area contributed by atoms with Crippen LogP contribution in [0.1, 0.15) is 38.7 Å². The maximum Gasteiger partial charge on any atom is 0.0669 e. The van der Waals surface area contributed by atoms with Crippen LogP contribution >= 0.6 is 0 Å². The summed E-state index contributed by atoms with van der Waals surface area (Å²) in [6.45, 7) is 4.70. The maximum absolute atomic E-state index is 8.64. The molecule has 0 spiro atoms. The molecule has 0 saturated heterocycles. The Kier molecular flexibility index (Phi) is 4.25. The molecule has 0 radical (unpaired) electrons. The van der Waals surface area contributed by atoms with E-state index >= 15 is 0 Å². The van der Waals surface area contributed by atoms with Crippen molar-refractivity contribution >= 4 is 5.69 Å². The van der Waals surface area contributed by atoms with Crippen LogP contribution in [0, 0.1) is 23.2 Å². The predicted molar refractivity (Wildman–Crippen MR) is 75.3 cm³/mol. The highest BCUT2D eigenvalue weighted by Gasteiger charge is 2.24. The van der Waals surface area contributed by atoms with E-state index in [0.29, 0.717) is 12.5 Å². The van der Waals surface area contributed by atoms with Gasteiger partial charge in [-0.05, 0) is 48.8 Å². The molecule has 0 aromatic heterocycles. The van der Waals surface area contributed by atoms with Gasteiger partial charge in [0.15, 0.2) is 0 Å². The van der Waals surface area contributed by atoms with E-state index in [-0.39, 0.29) is 0 Å². The molecule has 2 heteroatoms. The molecule has 3 unspecified atom stereocenters. The molecular formula is C16H22N2. The van der Waals surface area contributed by atoms with Gasteiger partial charge in [-0.25, -0.2) is 0 Å². The van der Waals surface area contributed by atoms with Crippen LogP contribution in [0.4, 0.5) is 5.69 Å². The van der Waals surface area contributed by atoms with Gasteiger partial charge in [0.1, 0.15) is 0 Å². The molecule has 0 amide bonds. The van der Waals surface area contributed by atoms with Gasteiger partial charge in [0.25, 0.3) is 0 Å². The number of hydrogen-bond acceptors (Lipinski definition) is 2. The van der Waals surface area contributed by atoms with Crippen molar-refractivity contribution in [3.05, 3.63) is 29.8 Å². The second-order valence-electron chi connectivity index (χ2n) is 5.68. The monoisotopic (exact) mass is 242 g/mol. The van der Waals surface area contributed by atoms with Gasteiger partial charge < -0.3 is 5.32 Å². The van der Waals surface area contributed by atoms with Crippen molar-refractivity contribution in [1.82, 2.24) is 0 Å². The Morgan fingerprint density at radius 2 is 1.94 bits per heavy atom. The van der Waals surface area contributed by atoms with Crippen LogP contribution < -0.4 is 5.32 Å². The highest BCUT2D eigenvalue weighted by Crippen LogP contribution is 2.30. The molecule has 1 aromatic rings. The van der Waals surface area contributed by atoms with E-state index < -0.39 is 0 Å². The summed E-state index contributed by atoms with van der Waals surface area (Å²) < 4.78 is 0. The molecule has 96 valence electrons. The lowest BCUT2D eigenvalue weighted by atomic mass is 9.80. The van der Waals surface area contributed by atoms with Gasteiger partial charge >= 0.3 is 0 Å². The Hall–Kier alpha value is -1.49. The summed E-state index contributed by atoms with van der Waals surface area (Å²) >= 11 is 0. The fourth-order valence-corrected chi connectivity index (χ4v) is 2.90. The quantitative estimate of drug-likeness (QED) is 0.870. The Balaban J connectivity index is 1.95. The third-order valence-corrected chi connectivity index (χ3v) is 4.02. The van der Waals surface area contributed by atoms with Crippen LogP contribution in [0.25, 0.3) is 0 Å². The number of rotatable bonds is 3. The first-order valence-corrected chi connectivity index (χ1v) is 6.91. The van der Waals surface area contributed by atoms with Crippen molar-refractivity contribution in [3.63, 3.8) is 0 Å². The summed E-state index contributed by atoms with van der Waals surface area (Å²) in [5.41, 5.74) is 2.27. The molecule has 3 atom stereocenters. The third-order valence-electron chi connectivity index (χ3n) is 4.02. The summed E-state index contributed by atoms with van der Waals surface area (Å²) in [7, 11) is 0. The van der Waals surface area contributed by atoms with E-state index in [1.54, 1.807) is 0 Å². The maximum atomic E-state index is 8.64. The highest BCUT2D eigenvalue weighted by molar-refractivity contribution is 5.46. The number of nitrogens with one attached hydrogen (secondary N) is 1. The molecular weight excluding hydrogens is 220 g/mol. The van der Waals surface area contributed by atoms with Crippen LogP contribution in [-0.4, -0.2) is 6.04 Å². The molecule has 2 rings (SSSR count). The van der Waals surface area contributed by atoms with Crippen LogP contribution in [0.2, 0.25) is 0 Å². The number of anilines is 1. The normalized spacial score (nSPS) is 27.5. The lowest BCUT2D eigenvalue weighted by molar-refractivity contribution is 0.276. The Bertz CT molecular complexity index is 416. The molecule has 1 fully saturated rings. The molecule has 1 N–H and O–H groups in total. The molecule has 1 aliphatic rings. The van der Waals surface area contributed by atoms with Gasteiger partial charge in [0.2, 0.25) is 0 Å². The largest absolute Gasteiger partial charge is 0.382 e. The molecule has 0 heterocycles. The van der Waals surface area contributed by atoms with Gasteiger partial charge in [-0.1, -0.05) is 26.0 Å². The van der Waals surface area contributed by atoms with Crippen molar-refractivity contribution in [3.8, 4) is 6.07 Å². The lowest BCUT2D eigenvalue weighted by Gasteiger charge is -2.33. The zero-order valence-corrected chi connectivity index (χ0v) is 11.3. The zero-order valence-electron chi connectivity index (χ0n) is 11.3. The van der Waals surface area contributed by atoms with E-state index in [9.17, 15) is 0 Å². The second-order valence-corrected chi connectivity index (χ2v) is 5.68. The first kappa shape index (κ1) is 13.0. The third kappa shape index (κ3) is 3.26. The molecule has 1 aliphatic carbocycles. The molecule has 18 heavy (non-hydrogen) atoms. The van der Waals surface area contributed by atoms with E-state index in [2.05, 4.69) is 37.4 Å². The minimum absolute atomic E-state index is 0.498. The second kappa shape index (κ2) is 5.91. The summed E-state index contributed by atoms with van der Waals surface area (Å²) in [5.74, 6) is 1.61. The topological polar surface area (TPSA) is 35.8 Å². The average Bonchev–Trinajstić information content (AvgIpc) is 2.35. The van der Waals surface area contributed by atoms with Crippen molar-refractivity contribution in [1.29, 1.82) is 5.26 Å². The van der Waals surface area contributed by atoms with Gasteiger partial charge in [-0.3, -0.25) is 0 Å². The van der Waals surface area contributed by atoms with E-state index in [4.69, 9.17) is 5.26 Å². The van der Waals surface area contributed by atoms with Gasteiger partial charge in [0, 0.05) is 11.7 Å². The fourth-order valence-electron chi connectivity index (χ4n) is 2.90. The van der Waals surface area contributed by atoms with Crippen molar-refractivity contribution in [2.75, 3.05) is 5.32 Å². The van der Waals surface area contributed by atoms with Crippen LogP contribution in [0.5, 0.6) is 0 Å². The van der Waals surface area contributed by atoms with E-state index in [1.807, 2.05) is 12.1 Å². The minimum Gasteiger partial charge on any atom is -0.382 e. The van der Waals surface area contributed by atoms with Crippen LogP contribution in [0.15, 0.2) is 24.3 Å². The summed E-state index contributed by atoms with van der Waals surface area (Å²) in [5, 5.41) is 12.3. The average molecular weight is 242 g/mol. The first-order valence-electron chi connectivity index (χ1n) is 6.91. The number of benzene rings is 1. The predicted octanol–water partition coefficient (Wildman–Crippen LogP) is 3.99. The molecule has 2 nitrogen and oxygen atoms in total. The first-order chi connectivity index (χ1) is 8.69. The molecule has 1 saturated carbocycles. The van der Waals surface area contributed by atoms with Crippen molar-refractivity contribution in [2.24, 2.45) is 11.8 Å².